The Morgan fingerprint density at radius 1 is 1.46 bits per heavy atom. The Morgan fingerprint density at radius 3 is 2.92 bits per heavy atom. The monoisotopic (exact) mass is 195 g/mol. The third-order valence-corrected chi connectivity index (χ3v) is 3.42. The van der Waals surface area contributed by atoms with Gasteiger partial charge >= 0.3 is 0 Å². The molecular weight excluding hydrogens is 178 g/mol. The summed E-state index contributed by atoms with van der Waals surface area (Å²) in [5.74, 6) is 0. The average Bonchev–Trinajstić information content (AvgIpc) is 2.50. The van der Waals surface area contributed by atoms with Gasteiger partial charge in [0, 0.05) is 16.5 Å². The van der Waals surface area contributed by atoms with Crippen LogP contribution in [0.1, 0.15) is 43.7 Å². The van der Waals surface area contributed by atoms with Crippen LogP contribution in [0.3, 0.4) is 0 Å². The quantitative estimate of drug-likeness (QED) is 0.726. The first kappa shape index (κ1) is 9.22. The van der Waals surface area contributed by atoms with Crippen molar-refractivity contribution < 1.29 is 0 Å². The number of rotatable bonds is 1. The Bertz CT molecular complexity index is 295. The Morgan fingerprint density at radius 2 is 2.23 bits per heavy atom. The smallest absolute Gasteiger partial charge is 0.0339 e. The zero-order valence-corrected chi connectivity index (χ0v) is 9.37. The zero-order valence-electron chi connectivity index (χ0n) is 8.55. The van der Waals surface area contributed by atoms with Crippen molar-refractivity contribution in [3.05, 3.63) is 21.9 Å². The SMILES string of the molecule is CC(C)(C)NC1CCc2sccc21. The van der Waals surface area contributed by atoms with Crippen LogP contribution in [-0.2, 0) is 6.42 Å². The van der Waals surface area contributed by atoms with E-state index >= 15 is 0 Å². The van der Waals surface area contributed by atoms with Crippen molar-refractivity contribution in [3.8, 4) is 0 Å². The molecule has 0 saturated heterocycles. The molecule has 0 spiro atoms. The Labute approximate surface area is 84.2 Å². The first-order valence-corrected chi connectivity index (χ1v) is 5.78. The van der Waals surface area contributed by atoms with Gasteiger partial charge in [-0.25, -0.2) is 0 Å². The molecule has 1 aliphatic rings. The summed E-state index contributed by atoms with van der Waals surface area (Å²) in [5, 5.41) is 5.88. The second kappa shape index (κ2) is 3.10. The van der Waals surface area contributed by atoms with E-state index in [0.717, 1.165) is 0 Å². The molecule has 2 rings (SSSR count). The molecule has 0 fully saturated rings. The number of hydrogen-bond acceptors (Lipinski definition) is 2. The molecule has 1 aliphatic carbocycles. The van der Waals surface area contributed by atoms with Crippen molar-refractivity contribution in [2.75, 3.05) is 0 Å². The zero-order chi connectivity index (χ0) is 9.47. The van der Waals surface area contributed by atoms with Crippen LogP contribution >= 0.6 is 11.3 Å². The van der Waals surface area contributed by atoms with Gasteiger partial charge in [0.25, 0.3) is 0 Å². The fourth-order valence-corrected chi connectivity index (χ4v) is 2.93. The molecule has 0 amide bonds. The molecule has 1 N–H and O–H groups in total. The summed E-state index contributed by atoms with van der Waals surface area (Å²) >= 11 is 1.90. The molecule has 1 aromatic rings. The Kier molecular flexibility index (Phi) is 2.20. The second-order valence-electron chi connectivity index (χ2n) is 4.78. The predicted octanol–water partition coefficient (Wildman–Crippen LogP) is 3.12. The van der Waals surface area contributed by atoms with Gasteiger partial charge in [-0.2, -0.15) is 0 Å². The van der Waals surface area contributed by atoms with Crippen molar-refractivity contribution in [2.24, 2.45) is 0 Å². The standard InChI is InChI=1S/C11H17NS/c1-11(2,3)12-9-4-5-10-8(9)6-7-13-10/h6-7,9,12H,4-5H2,1-3H3. The first-order chi connectivity index (χ1) is 6.06. The van der Waals surface area contributed by atoms with Gasteiger partial charge in [-0.1, -0.05) is 0 Å². The molecule has 0 aromatic carbocycles. The maximum Gasteiger partial charge on any atom is 0.0339 e. The highest BCUT2D eigenvalue weighted by Crippen LogP contribution is 2.35. The number of aryl methyl sites for hydroxylation is 1. The van der Waals surface area contributed by atoms with Crippen LogP contribution in [0.4, 0.5) is 0 Å². The molecule has 72 valence electrons. The van der Waals surface area contributed by atoms with Gasteiger partial charge in [0.1, 0.15) is 0 Å². The molecular formula is C11H17NS. The minimum Gasteiger partial charge on any atom is -0.305 e. The molecule has 1 nitrogen and oxygen atoms in total. The molecule has 1 heterocycles. The molecule has 0 saturated carbocycles. The maximum absolute atomic E-state index is 3.67. The molecule has 1 atom stereocenters. The normalized spacial score (nSPS) is 21.9. The van der Waals surface area contributed by atoms with Crippen molar-refractivity contribution in [3.63, 3.8) is 0 Å². The van der Waals surface area contributed by atoms with Crippen LogP contribution in [0.15, 0.2) is 11.4 Å². The lowest BCUT2D eigenvalue weighted by molar-refractivity contribution is 0.362. The summed E-state index contributed by atoms with van der Waals surface area (Å²) in [4.78, 5) is 1.58. The van der Waals surface area contributed by atoms with E-state index in [2.05, 4.69) is 37.5 Å². The number of nitrogens with one attached hydrogen (secondary N) is 1. The van der Waals surface area contributed by atoms with E-state index in [1.54, 1.807) is 10.4 Å². The molecule has 2 heteroatoms. The van der Waals surface area contributed by atoms with Gasteiger partial charge in [0.2, 0.25) is 0 Å². The van der Waals surface area contributed by atoms with Crippen LogP contribution in [0, 0.1) is 0 Å². The highest BCUT2D eigenvalue weighted by molar-refractivity contribution is 7.10. The summed E-state index contributed by atoms with van der Waals surface area (Å²) in [6, 6.07) is 2.87. The fraction of sp³-hybridized carbons (Fsp3) is 0.636. The predicted molar refractivity (Wildman–Crippen MR) is 58.3 cm³/mol. The van der Waals surface area contributed by atoms with Crippen molar-refractivity contribution in [1.82, 2.24) is 5.32 Å². The van der Waals surface area contributed by atoms with Crippen molar-refractivity contribution >= 4 is 11.3 Å². The largest absolute Gasteiger partial charge is 0.305 e. The van der Waals surface area contributed by atoms with Crippen LogP contribution in [0.5, 0.6) is 0 Å². The van der Waals surface area contributed by atoms with Crippen LogP contribution in [-0.4, -0.2) is 5.54 Å². The van der Waals surface area contributed by atoms with Gasteiger partial charge in [0.05, 0.1) is 0 Å². The summed E-state index contributed by atoms with van der Waals surface area (Å²) in [6.45, 7) is 6.70. The first-order valence-electron chi connectivity index (χ1n) is 4.90. The molecule has 0 radical (unpaired) electrons. The number of thiophene rings is 1. The minimum absolute atomic E-state index is 0.230. The summed E-state index contributed by atoms with van der Waals surface area (Å²) in [5.41, 5.74) is 1.77. The van der Waals surface area contributed by atoms with Crippen LogP contribution in [0.2, 0.25) is 0 Å². The highest BCUT2D eigenvalue weighted by atomic mass is 32.1. The van der Waals surface area contributed by atoms with E-state index in [1.807, 2.05) is 11.3 Å². The van der Waals surface area contributed by atoms with Gasteiger partial charge in [0.15, 0.2) is 0 Å². The maximum atomic E-state index is 3.67. The lowest BCUT2D eigenvalue weighted by atomic mass is 10.0. The highest BCUT2D eigenvalue weighted by Gasteiger charge is 2.26. The van der Waals surface area contributed by atoms with Crippen LogP contribution < -0.4 is 5.32 Å². The van der Waals surface area contributed by atoms with Gasteiger partial charge in [-0.05, 0) is 50.6 Å². The summed E-state index contributed by atoms with van der Waals surface area (Å²) < 4.78 is 0. The minimum atomic E-state index is 0.230. The lowest BCUT2D eigenvalue weighted by Gasteiger charge is -2.26. The third-order valence-electron chi connectivity index (χ3n) is 2.42. The topological polar surface area (TPSA) is 12.0 Å². The molecule has 0 aliphatic heterocycles. The number of fused-ring (bicyclic) bond motifs is 1. The second-order valence-corrected chi connectivity index (χ2v) is 5.79. The van der Waals surface area contributed by atoms with Crippen molar-refractivity contribution in [1.29, 1.82) is 0 Å². The van der Waals surface area contributed by atoms with Gasteiger partial charge in [-0.3, -0.25) is 0 Å². The molecule has 13 heavy (non-hydrogen) atoms. The molecule has 1 aromatic heterocycles. The number of hydrogen-bond donors (Lipinski definition) is 1. The van der Waals surface area contributed by atoms with E-state index in [-0.39, 0.29) is 5.54 Å². The van der Waals surface area contributed by atoms with E-state index in [4.69, 9.17) is 0 Å². The Balaban J connectivity index is 2.13. The van der Waals surface area contributed by atoms with Gasteiger partial charge in [-0.15, -0.1) is 11.3 Å². The fourth-order valence-electron chi connectivity index (χ4n) is 1.97. The summed E-state index contributed by atoms with van der Waals surface area (Å²) in [7, 11) is 0. The van der Waals surface area contributed by atoms with Gasteiger partial charge < -0.3 is 5.32 Å². The third kappa shape index (κ3) is 1.94. The van der Waals surface area contributed by atoms with E-state index in [9.17, 15) is 0 Å². The molecule has 1 unspecified atom stereocenters. The van der Waals surface area contributed by atoms with E-state index < -0.39 is 0 Å². The van der Waals surface area contributed by atoms with Crippen LogP contribution in [0.25, 0.3) is 0 Å². The summed E-state index contributed by atoms with van der Waals surface area (Å²) in [6.07, 6.45) is 2.54. The average molecular weight is 195 g/mol. The van der Waals surface area contributed by atoms with E-state index in [0.29, 0.717) is 6.04 Å². The van der Waals surface area contributed by atoms with Crippen molar-refractivity contribution in [2.45, 2.75) is 45.2 Å². The Hall–Kier alpha value is -0.340. The van der Waals surface area contributed by atoms with E-state index in [1.165, 1.54) is 12.8 Å². The molecule has 0 bridgehead atoms. The lowest BCUT2D eigenvalue weighted by Crippen LogP contribution is -2.37.